The predicted molar refractivity (Wildman–Crippen MR) is 98.1 cm³/mol. The zero-order valence-electron chi connectivity index (χ0n) is 14.4. The minimum absolute atomic E-state index is 0. The molecule has 2 fully saturated rings. The number of unbranched alkanes of at least 4 members (excludes halogenated alkanes) is 1. The van der Waals surface area contributed by atoms with Crippen molar-refractivity contribution in [3.63, 3.8) is 0 Å². The van der Waals surface area contributed by atoms with E-state index in [1.165, 1.54) is 6.04 Å². The van der Waals surface area contributed by atoms with E-state index in [-0.39, 0.29) is 22.9 Å². The molecule has 0 bridgehead atoms. The Morgan fingerprint density at radius 1 is 0.913 bits per heavy atom. The van der Waals surface area contributed by atoms with Crippen molar-refractivity contribution in [1.82, 2.24) is 0 Å². The molecule has 124 valence electrons. The average molecular weight is 368 g/mol. The number of hydrogen-bond acceptors (Lipinski definition) is 1. The van der Waals surface area contributed by atoms with Crippen LogP contribution in [0.2, 0.25) is 25.7 Å². The zero-order chi connectivity index (χ0) is 16.3. The number of ketones is 1. The first-order chi connectivity index (χ1) is 10.5. The van der Waals surface area contributed by atoms with Crippen LogP contribution in [0.4, 0.5) is 0 Å². The van der Waals surface area contributed by atoms with Crippen molar-refractivity contribution >= 4 is 13.9 Å². The first-order valence-electron chi connectivity index (χ1n) is 8.06. The van der Waals surface area contributed by atoms with E-state index in [9.17, 15) is 4.79 Å². The topological polar surface area (TPSA) is 17.1 Å². The van der Waals surface area contributed by atoms with Gasteiger partial charge in [0.15, 0.2) is 0 Å². The van der Waals surface area contributed by atoms with Gasteiger partial charge in [-0.2, -0.15) is 0 Å². The summed E-state index contributed by atoms with van der Waals surface area (Å²) in [5.41, 5.74) is 0. The Labute approximate surface area is 156 Å². The number of allylic oxidation sites excluding steroid dienone is 2. The van der Waals surface area contributed by atoms with Crippen molar-refractivity contribution in [2.45, 2.75) is 44.9 Å². The van der Waals surface area contributed by atoms with Crippen molar-refractivity contribution < 1.29 is 21.9 Å². The van der Waals surface area contributed by atoms with Gasteiger partial charge < -0.3 is 0 Å². The average Bonchev–Trinajstić information content (AvgIpc) is 3.16. The molecule has 2 aliphatic carbocycles. The molecule has 0 saturated heterocycles. The second kappa shape index (κ2) is 13.4. The summed E-state index contributed by atoms with van der Waals surface area (Å²) in [6.07, 6.45) is 24.8. The van der Waals surface area contributed by atoms with Gasteiger partial charge in [0.25, 0.3) is 0 Å². The zero-order valence-corrected chi connectivity index (χ0v) is 16.5. The maximum atomic E-state index is 11.7. The fourth-order valence-electron chi connectivity index (χ4n) is 1.96. The van der Waals surface area contributed by atoms with Crippen molar-refractivity contribution in [1.29, 1.82) is 0 Å². The summed E-state index contributed by atoms with van der Waals surface area (Å²) in [5, 5.41) is 0. The van der Waals surface area contributed by atoms with E-state index in [4.69, 9.17) is 0 Å². The third kappa shape index (κ3) is 13.1. The monoisotopic (exact) mass is 368 g/mol. The molecule has 0 unspecified atom stereocenters. The normalized spacial score (nSPS) is 18.6. The number of carbonyl (C=O) groups excluding carboxylic acids is 1. The molecular formula is C20H28FeOSi+2. The van der Waals surface area contributed by atoms with Crippen LogP contribution in [0.25, 0.3) is 0 Å². The van der Waals surface area contributed by atoms with E-state index in [2.05, 4.69) is 31.8 Å². The molecule has 0 atom stereocenters. The smallest absolute Gasteiger partial charge is 0.299 e. The molecule has 0 amide bonds. The van der Waals surface area contributed by atoms with Gasteiger partial charge in [-0.1, -0.05) is 31.8 Å². The van der Waals surface area contributed by atoms with Gasteiger partial charge in [-0.05, 0) is 76.7 Å². The maximum absolute atomic E-state index is 11.7. The second-order valence-corrected chi connectivity index (χ2v) is 12.2. The van der Waals surface area contributed by atoms with Gasteiger partial charge in [-0.25, -0.2) is 0 Å². The van der Waals surface area contributed by atoms with Gasteiger partial charge in [-0.15, -0.1) is 0 Å². The van der Waals surface area contributed by atoms with E-state index < -0.39 is 8.07 Å². The third-order valence-corrected chi connectivity index (χ3v) is 4.67. The van der Waals surface area contributed by atoms with Crippen LogP contribution in [-0.2, 0) is 21.9 Å². The molecule has 0 heterocycles. The molecule has 0 spiro atoms. The Balaban J connectivity index is 0.000000684. The van der Waals surface area contributed by atoms with Crippen molar-refractivity contribution in [3.05, 3.63) is 75.9 Å². The van der Waals surface area contributed by atoms with Crippen molar-refractivity contribution in [2.24, 2.45) is 0 Å². The predicted octanol–water partition coefficient (Wildman–Crippen LogP) is 5.04. The van der Waals surface area contributed by atoms with Crippen LogP contribution in [0.1, 0.15) is 19.3 Å². The molecule has 0 aromatic heterocycles. The van der Waals surface area contributed by atoms with Crippen LogP contribution in [0.5, 0.6) is 0 Å². The minimum atomic E-state index is -0.937. The first-order valence-corrected chi connectivity index (χ1v) is 11.8. The van der Waals surface area contributed by atoms with E-state index in [1.807, 2.05) is 57.8 Å². The van der Waals surface area contributed by atoms with Crippen LogP contribution in [-0.4, -0.2) is 13.9 Å². The summed E-state index contributed by atoms with van der Waals surface area (Å²) in [4.78, 5) is 11.7. The van der Waals surface area contributed by atoms with Gasteiger partial charge in [0, 0.05) is 20.4 Å². The molecule has 2 rings (SSSR count). The van der Waals surface area contributed by atoms with Gasteiger partial charge in [-0.3, -0.25) is 4.79 Å². The number of Topliss-reactive ketones (excluding diaryl/α,β-unsaturated/α-hetero) is 1. The van der Waals surface area contributed by atoms with Crippen molar-refractivity contribution in [2.75, 3.05) is 0 Å². The SMILES string of the molecule is C[Si](C)(C)C/C=C/CCCC(=O)[C]1[CH][CH][CH][CH]1.[CH]1[CH][CH][CH][CH]1.[Fe+2]. The summed E-state index contributed by atoms with van der Waals surface area (Å²) < 4.78 is 0. The van der Waals surface area contributed by atoms with Gasteiger partial charge >= 0.3 is 17.1 Å². The maximum Gasteiger partial charge on any atom is 2.00 e. The summed E-state index contributed by atoms with van der Waals surface area (Å²) in [7, 11) is -0.937. The van der Waals surface area contributed by atoms with Crippen LogP contribution < -0.4 is 0 Å². The van der Waals surface area contributed by atoms with Crippen molar-refractivity contribution in [3.8, 4) is 0 Å². The number of hydrogen-bond donors (Lipinski definition) is 0. The Hall–Kier alpha value is 0.146. The van der Waals surface area contributed by atoms with Gasteiger partial charge in [0.05, 0.1) is 0 Å². The molecule has 0 aromatic carbocycles. The molecule has 1 nitrogen and oxygen atoms in total. The Morgan fingerprint density at radius 3 is 1.91 bits per heavy atom. The van der Waals surface area contributed by atoms with Gasteiger partial charge in [0.1, 0.15) is 5.78 Å². The molecule has 23 heavy (non-hydrogen) atoms. The summed E-state index contributed by atoms with van der Waals surface area (Å²) in [5.74, 6) is 1.13. The summed E-state index contributed by atoms with van der Waals surface area (Å²) >= 11 is 0. The summed E-state index contributed by atoms with van der Waals surface area (Å²) in [6, 6.07) is 1.24. The fraction of sp³-hybridized carbons (Fsp3) is 0.350. The van der Waals surface area contributed by atoms with Crippen LogP contribution in [0.15, 0.2) is 12.2 Å². The van der Waals surface area contributed by atoms with Crippen LogP contribution in [0, 0.1) is 63.7 Å². The standard InChI is InChI=1S/C15H23OSi.C5H5.Fe/c1-17(2,3)13-9-5-4-6-12-15(16)14-10-7-8-11-14;1-2-4-5-3-1;/h5,7-11H,4,6,12-13H2,1-3H3;1-5H;/q;;+2/b9-5+;;. The quantitative estimate of drug-likeness (QED) is 0.349. The number of carbonyl (C=O) groups is 1. The molecule has 0 aromatic rings. The minimum Gasteiger partial charge on any atom is -0.299 e. The second-order valence-electron chi connectivity index (χ2n) is 6.69. The Kier molecular flexibility index (Phi) is 13.5. The van der Waals surface area contributed by atoms with E-state index in [1.54, 1.807) is 0 Å². The van der Waals surface area contributed by atoms with E-state index in [0.717, 1.165) is 18.8 Å². The fourth-order valence-corrected chi connectivity index (χ4v) is 2.83. The van der Waals surface area contributed by atoms with Crippen LogP contribution >= 0.6 is 0 Å². The molecule has 0 N–H and O–H groups in total. The largest absolute Gasteiger partial charge is 2.00 e. The van der Waals surface area contributed by atoms with Crippen LogP contribution in [0.3, 0.4) is 0 Å². The Morgan fingerprint density at radius 2 is 1.43 bits per heavy atom. The summed E-state index contributed by atoms with van der Waals surface area (Å²) in [6.45, 7) is 7.11. The molecule has 2 aliphatic rings. The third-order valence-electron chi connectivity index (χ3n) is 3.21. The van der Waals surface area contributed by atoms with E-state index in [0.29, 0.717) is 6.42 Å². The van der Waals surface area contributed by atoms with E-state index >= 15 is 0 Å². The first kappa shape index (κ1) is 23.1. The molecule has 10 radical (unpaired) electrons. The molecule has 0 aliphatic heterocycles. The van der Waals surface area contributed by atoms with Gasteiger partial charge in [0.2, 0.25) is 0 Å². The number of rotatable bonds is 7. The Bertz CT molecular complexity index is 315. The molecular weight excluding hydrogens is 340 g/mol. The molecule has 3 heteroatoms. The molecule has 2 saturated carbocycles.